The smallest absolute Gasteiger partial charge is 0.338 e. The van der Waals surface area contributed by atoms with Crippen LogP contribution in [-0.4, -0.2) is 24.3 Å². The van der Waals surface area contributed by atoms with Gasteiger partial charge in [-0.2, -0.15) is 0 Å². The van der Waals surface area contributed by atoms with Gasteiger partial charge < -0.3 is 9.47 Å². The molecule has 172 valence electrons. The van der Waals surface area contributed by atoms with E-state index in [0.717, 1.165) is 20.6 Å². The number of benzene rings is 1. The fourth-order valence-corrected chi connectivity index (χ4v) is 6.24. The minimum absolute atomic E-state index is 0.187. The summed E-state index contributed by atoms with van der Waals surface area (Å²) < 4.78 is 14.0. The summed E-state index contributed by atoms with van der Waals surface area (Å²) in [6.07, 6.45) is 3.29. The van der Waals surface area contributed by atoms with Crippen LogP contribution < -0.4 is 19.6 Å². The molecule has 3 aromatic rings. The van der Waals surface area contributed by atoms with Crippen molar-refractivity contribution in [2.45, 2.75) is 32.7 Å². The Morgan fingerprint density at radius 1 is 1.24 bits per heavy atom. The molecule has 0 N–H and O–H groups in total. The largest absolute Gasteiger partial charge is 0.497 e. The number of halogens is 1. The van der Waals surface area contributed by atoms with E-state index in [4.69, 9.17) is 14.5 Å². The lowest BCUT2D eigenvalue weighted by molar-refractivity contribution is -0.139. The number of aromatic nitrogens is 1. The number of nitrogens with zero attached hydrogens (tertiary/aromatic N) is 2. The minimum atomic E-state index is -0.644. The molecule has 3 heterocycles. The lowest BCUT2D eigenvalue weighted by Gasteiger charge is -2.26. The third-order valence-corrected chi connectivity index (χ3v) is 7.72. The van der Waals surface area contributed by atoms with Gasteiger partial charge in [-0.3, -0.25) is 9.36 Å². The number of carbonyl (C=O) groups excluding carboxylic acids is 1. The highest BCUT2D eigenvalue weighted by molar-refractivity contribution is 9.11. The number of hydrogen-bond donors (Lipinski definition) is 0. The van der Waals surface area contributed by atoms with Crippen LogP contribution in [0.15, 0.2) is 61.2 Å². The van der Waals surface area contributed by atoms with Crippen LogP contribution >= 0.6 is 38.6 Å². The molecule has 1 aliphatic rings. The molecule has 2 aromatic heterocycles. The molecule has 6 nitrogen and oxygen atoms in total. The first-order valence-electron chi connectivity index (χ1n) is 10.6. The summed E-state index contributed by atoms with van der Waals surface area (Å²) in [4.78, 5) is 33.1. The van der Waals surface area contributed by atoms with E-state index in [9.17, 15) is 9.59 Å². The van der Waals surface area contributed by atoms with Crippen LogP contribution in [0.5, 0.6) is 5.75 Å². The highest BCUT2D eigenvalue weighted by atomic mass is 79.9. The number of esters is 1. The summed E-state index contributed by atoms with van der Waals surface area (Å²) >= 11 is 6.35. The number of thiophene rings is 1. The van der Waals surface area contributed by atoms with Crippen molar-refractivity contribution in [1.29, 1.82) is 0 Å². The number of allylic oxidation sites excluding steroid dienone is 1. The number of carbonyl (C=O) groups is 1. The van der Waals surface area contributed by atoms with Crippen molar-refractivity contribution in [2.75, 3.05) is 13.7 Å². The molecule has 1 aliphatic heterocycles. The van der Waals surface area contributed by atoms with Crippen LogP contribution in [0, 0.1) is 0 Å². The van der Waals surface area contributed by atoms with Crippen molar-refractivity contribution >= 4 is 50.6 Å². The van der Waals surface area contributed by atoms with Crippen molar-refractivity contribution in [2.24, 2.45) is 4.99 Å². The van der Waals surface area contributed by atoms with Crippen molar-refractivity contribution in [1.82, 2.24) is 4.57 Å². The molecule has 0 aliphatic carbocycles. The summed E-state index contributed by atoms with van der Waals surface area (Å²) in [6.45, 7) is 4.05. The molecule has 0 saturated heterocycles. The van der Waals surface area contributed by atoms with E-state index in [1.165, 1.54) is 11.3 Å². The Hall–Kier alpha value is -2.49. The van der Waals surface area contributed by atoms with Gasteiger partial charge in [0.25, 0.3) is 5.56 Å². The van der Waals surface area contributed by atoms with Gasteiger partial charge in [0.2, 0.25) is 0 Å². The van der Waals surface area contributed by atoms with Crippen LogP contribution in [-0.2, 0) is 9.53 Å². The van der Waals surface area contributed by atoms with Gasteiger partial charge >= 0.3 is 5.97 Å². The Bertz CT molecular complexity index is 1400. The zero-order valence-electron chi connectivity index (χ0n) is 18.5. The second-order valence-corrected chi connectivity index (χ2v) is 10.8. The topological polar surface area (TPSA) is 69.9 Å². The van der Waals surface area contributed by atoms with Gasteiger partial charge in [-0.05, 0) is 65.2 Å². The quantitative estimate of drug-likeness (QED) is 0.411. The Morgan fingerprint density at radius 3 is 2.73 bits per heavy atom. The van der Waals surface area contributed by atoms with E-state index in [0.29, 0.717) is 32.8 Å². The molecule has 0 fully saturated rings. The molecular weight excluding hydrogens is 524 g/mol. The number of thiazole rings is 1. The first kappa shape index (κ1) is 23.7. The van der Waals surface area contributed by atoms with Gasteiger partial charge in [0.1, 0.15) is 5.75 Å². The Morgan fingerprint density at radius 2 is 2.06 bits per heavy atom. The van der Waals surface area contributed by atoms with Gasteiger partial charge in [0.15, 0.2) is 4.80 Å². The number of fused-ring (bicyclic) bond motifs is 1. The summed E-state index contributed by atoms with van der Waals surface area (Å²) in [7, 11) is 1.59. The molecule has 33 heavy (non-hydrogen) atoms. The van der Waals surface area contributed by atoms with Gasteiger partial charge in [-0.1, -0.05) is 36.8 Å². The summed E-state index contributed by atoms with van der Waals surface area (Å²) in [5.74, 6) is 0.198. The third kappa shape index (κ3) is 4.76. The minimum Gasteiger partial charge on any atom is -0.497 e. The molecule has 0 unspecified atom stereocenters. The average molecular weight is 547 g/mol. The molecule has 0 bridgehead atoms. The fourth-order valence-electron chi connectivity index (χ4n) is 3.78. The lowest BCUT2D eigenvalue weighted by atomic mass is 9.94. The average Bonchev–Trinajstić information content (AvgIpc) is 3.35. The molecule has 4 rings (SSSR count). The third-order valence-electron chi connectivity index (χ3n) is 5.17. The zero-order chi connectivity index (χ0) is 23.5. The van der Waals surface area contributed by atoms with Gasteiger partial charge in [-0.15, -0.1) is 11.3 Å². The van der Waals surface area contributed by atoms with Crippen LogP contribution in [0.1, 0.15) is 43.2 Å². The van der Waals surface area contributed by atoms with Crippen LogP contribution in [0.3, 0.4) is 0 Å². The molecular formula is C24H23BrN2O4S2. The maximum absolute atomic E-state index is 13.6. The molecule has 0 saturated carbocycles. The predicted molar refractivity (Wildman–Crippen MR) is 135 cm³/mol. The summed E-state index contributed by atoms with van der Waals surface area (Å²) in [5.41, 5.74) is 1.65. The maximum atomic E-state index is 13.6. The van der Waals surface area contributed by atoms with Crippen LogP contribution in [0.25, 0.3) is 6.08 Å². The van der Waals surface area contributed by atoms with E-state index >= 15 is 0 Å². The predicted octanol–water partition coefficient (Wildman–Crippen LogP) is 4.41. The van der Waals surface area contributed by atoms with Crippen molar-refractivity contribution in [3.05, 3.63) is 81.6 Å². The zero-order valence-corrected chi connectivity index (χ0v) is 21.7. The Balaban J connectivity index is 2.00. The number of hydrogen-bond acceptors (Lipinski definition) is 7. The van der Waals surface area contributed by atoms with E-state index in [2.05, 4.69) is 15.9 Å². The Labute approximate surface area is 207 Å². The first-order valence-corrected chi connectivity index (χ1v) is 13.0. The van der Waals surface area contributed by atoms with Crippen LogP contribution in [0.2, 0.25) is 0 Å². The highest BCUT2D eigenvalue weighted by Gasteiger charge is 2.34. The number of rotatable bonds is 7. The molecule has 0 spiro atoms. The van der Waals surface area contributed by atoms with Crippen molar-refractivity contribution in [3.63, 3.8) is 0 Å². The summed E-state index contributed by atoms with van der Waals surface area (Å²) in [5, 5.41) is 0. The first-order chi connectivity index (χ1) is 16.0. The fraction of sp³-hybridized carbons (Fsp3) is 0.292. The second-order valence-electron chi connectivity index (χ2n) is 7.33. The molecule has 0 amide bonds. The Kier molecular flexibility index (Phi) is 7.31. The van der Waals surface area contributed by atoms with Gasteiger partial charge in [-0.25, -0.2) is 9.79 Å². The SMILES string of the molecule is CCCC1=C(C(=O)OCC)[C@H](c2cccc(OC)c2)n2c(s/c(=C/c3ccc(Br)s3)c2=O)=N1. The maximum Gasteiger partial charge on any atom is 0.338 e. The number of ether oxygens (including phenoxy) is 2. The molecule has 1 aromatic carbocycles. The lowest BCUT2D eigenvalue weighted by Crippen LogP contribution is -2.40. The van der Waals surface area contributed by atoms with Crippen molar-refractivity contribution in [3.8, 4) is 5.75 Å². The molecule has 9 heteroatoms. The van der Waals surface area contributed by atoms with Gasteiger partial charge in [0, 0.05) is 4.88 Å². The monoisotopic (exact) mass is 546 g/mol. The van der Waals surface area contributed by atoms with Crippen LogP contribution in [0.4, 0.5) is 0 Å². The number of methoxy groups -OCH3 is 1. The van der Waals surface area contributed by atoms with E-state index in [1.807, 2.05) is 49.4 Å². The highest BCUT2D eigenvalue weighted by Crippen LogP contribution is 2.34. The van der Waals surface area contributed by atoms with E-state index in [1.54, 1.807) is 29.9 Å². The molecule has 1 atom stereocenters. The van der Waals surface area contributed by atoms with E-state index in [-0.39, 0.29) is 12.2 Å². The molecule has 0 radical (unpaired) electrons. The van der Waals surface area contributed by atoms with Gasteiger partial charge in [0.05, 0.1) is 39.3 Å². The van der Waals surface area contributed by atoms with Crippen molar-refractivity contribution < 1.29 is 14.3 Å². The standard InChI is InChI=1S/C24H23BrN2O4S2/c1-4-7-17-20(23(29)31-5-2)21(14-8-6-9-15(12-14)30-3)27-22(28)18(33-24(27)26-17)13-16-10-11-19(25)32-16/h6,8-13,21H,4-5,7H2,1-3H3/b18-13+/t21-/m0/s1. The second kappa shape index (κ2) is 10.2. The summed E-state index contributed by atoms with van der Waals surface area (Å²) in [6, 6.07) is 10.7. The normalized spacial score (nSPS) is 15.9. The van der Waals surface area contributed by atoms with E-state index < -0.39 is 12.0 Å².